The summed E-state index contributed by atoms with van der Waals surface area (Å²) in [4.78, 5) is 30.8. The van der Waals surface area contributed by atoms with Crippen LogP contribution in [0, 0.1) is 11.8 Å². The summed E-state index contributed by atoms with van der Waals surface area (Å²) in [6, 6.07) is 0.459. The van der Waals surface area contributed by atoms with E-state index in [1.807, 2.05) is 27.7 Å². The predicted octanol–water partition coefficient (Wildman–Crippen LogP) is 5.44. The highest BCUT2D eigenvalue weighted by Crippen LogP contribution is 2.37. The van der Waals surface area contributed by atoms with Crippen LogP contribution < -0.4 is 0 Å². The quantitative estimate of drug-likeness (QED) is 0.0666. The van der Waals surface area contributed by atoms with E-state index >= 15 is 0 Å². The van der Waals surface area contributed by atoms with Crippen molar-refractivity contribution in [2.45, 2.75) is 149 Å². The van der Waals surface area contributed by atoms with E-state index in [0.29, 0.717) is 56.8 Å². The lowest BCUT2D eigenvalue weighted by molar-refractivity contribution is -0.117. The Balaban J connectivity index is 2.11. The summed E-state index contributed by atoms with van der Waals surface area (Å²) < 4.78 is 17.7. The van der Waals surface area contributed by atoms with Gasteiger partial charge < -0.3 is 34.4 Å². The SMILES string of the molecule is CCC(O)CCC(C)(OC)C(/C=C/C(C)C(=O)/C(C)=C/C=C/C(C)(O)CC1OC1C(C)C(O)CC)OC(=O)N1CCN(C(C)CC)CC1. The summed E-state index contributed by atoms with van der Waals surface area (Å²) >= 11 is 0. The summed E-state index contributed by atoms with van der Waals surface area (Å²) in [7, 11) is 1.57. The van der Waals surface area contributed by atoms with E-state index in [2.05, 4.69) is 18.7 Å². The fourth-order valence-electron chi connectivity index (χ4n) is 6.22. The highest BCUT2D eigenvalue weighted by Gasteiger charge is 2.47. The summed E-state index contributed by atoms with van der Waals surface area (Å²) in [5.74, 6) is -0.604. The van der Waals surface area contributed by atoms with E-state index < -0.39 is 41.5 Å². The number of nitrogens with zero attached hydrogens (tertiary/aromatic N) is 2. The van der Waals surface area contributed by atoms with E-state index in [9.17, 15) is 24.9 Å². The van der Waals surface area contributed by atoms with Gasteiger partial charge >= 0.3 is 6.09 Å². The van der Waals surface area contributed by atoms with Crippen LogP contribution in [0.4, 0.5) is 4.79 Å². The third kappa shape index (κ3) is 12.7. The van der Waals surface area contributed by atoms with Crippen LogP contribution in [0.3, 0.4) is 0 Å². The van der Waals surface area contributed by atoms with Crippen molar-refractivity contribution in [2.24, 2.45) is 11.8 Å². The fraction of sp³-hybridized carbons (Fsp3) is 0.789. The first kappa shape index (κ1) is 42.1. The third-order valence-electron chi connectivity index (χ3n) is 10.5. The Morgan fingerprint density at radius 3 is 2.21 bits per heavy atom. The molecule has 10 unspecified atom stereocenters. The average Bonchev–Trinajstić information content (AvgIpc) is 3.84. The van der Waals surface area contributed by atoms with Crippen molar-refractivity contribution in [3.63, 3.8) is 0 Å². The van der Waals surface area contributed by atoms with Crippen molar-refractivity contribution in [1.82, 2.24) is 9.80 Å². The minimum absolute atomic E-state index is 0.00656. The number of ether oxygens (including phenoxy) is 3. The molecule has 2 heterocycles. The summed E-state index contributed by atoms with van der Waals surface area (Å²) in [6.45, 7) is 20.0. The molecule has 0 aromatic heterocycles. The maximum Gasteiger partial charge on any atom is 0.410 e. The molecule has 0 saturated carbocycles. The topological polar surface area (TPSA) is 132 Å². The normalized spacial score (nSPS) is 25.6. The van der Waals surface area contributed by atoms with Crippen LogP contribution >= 0.6 is 0 Å². The molecule has 2 fully saturated rings. The van der Waals surface area contributed by atoms with Crippen molar-refractivity contribution in [1.29, 1.82) is 0 Å². The molecule has 0 aromatic rings. The van der Waals surface area contributed by atoms with Crippen LogP contribution in [-0.4, -0.2) is 118 Å². The van der Waals surface area contributed by atoms with E-state index in [1.165, 1.54) is 0 Å². The van der Waals surface area contributed by atoms with Gasteiger partial charge in [-0.2, -0.15) is 0 Å². The van der Waals surface area contributed by atoms with Gasteiger partial charge in [0.15, 0.2) is 11.9 Å². The molecule has 2 rings (SSSR count). The number of hydrogen-bond acceptors (Lipinski definition) is 9. The zero-order valence-electron chi connectivity index (χ0n) is 31.4. The molecule has 1 amide bonds. The van der Waals surface area contributed by atoms with E-state index in [4.69, 9.17) is 14.2 Å². The number of amides is 1. The Kier molecular flexibility index (Phi) is 17.0. The van der Waals surface area contributed by atoms with E-state index in [0.717, 1.165) is 19.5 Å². The van der Waals surface area contributed by atoms with Gasteiger partial charge in [0.2, 0.25) is 0 Å². The number of aliphatic hydroxyl groups excluding tert-OH is 2. The molecule has 48 heavy (non-hydrogen) atoms. The summed E-state index contributed by atoms with van der Waals surface area (Å²) in [6.07, 6.45) is 9.91. The van der Waals surface area contributed by atoms with Gasteiger partial charge in [-0.15, -0.1) is 0 Å². The number of carbonyl (C=O) groups is 2. The molecule has 0 aliphatic carbocycles. The number of methoxy groups -OCH3 is 1. The molecule has 10 nitrogen and oxygen atoms in total. The van der Waals surface area contributed by atoms with Crippen LogP contribution in [0.25, 0.3) is 0 Å². The van der Waals surface area contributed by atoms with Crippen LogP contribution in [0.15, 0.2) is 36.0 Å². The van der Waals surface area contributed by atoms with E-state index in [1.54, 1.807) is 63.2 Å². The molecule has 0 radical (unpaired) electrons. The molecule has 2 aliphatic heterocycles. The molecule has 276 valence electrons. The van der Waals surface area contributed by atoms with Crippen LogP contribution in [0.5, 0.6) is 0 Å². The standard InChI is InChI=1S/C38H66N2O8/c1-11-28(6)39-21-23-40(24-22-39)36(44)48-33(38(9,46-10)20-18-30(41)12-2)17-16-27(5)34(43)26(4)15-14-19-37(8,45)25-32-35(47-32)29(7)31(42)13-3/h14-17,19,27-33,35,41-42,45H,11-13,18,20-25H2,1-10H3/b17-16+,19-14+,26-15+. The lowest BCUT2D eigenvalue weighted by Crippen LogP contribution is -2.53. The molecule has 3 N–H and O–H groups in total. The molecule has 2 saturated heterocycles. The number of aliphatic hydroxyl groups is 3. The van der Waals surface area contributed by atoms with Gasteiger partial charge in [0.05, 0.1) is 30.0 Å². The first-order valence-corrected chi connectivity index (χ1v) is 18.1. The van der Waals surface area contributed by atoms with Crippen LogP contribution in [0.2, 0.25) is 0 Å². The molecular formula is C38H66N2O8. The number of piperazine rings is 1. The number of epoxide rings is 1. The zero-order chi connectivity index (χ0) is 36.2. The van der Waals surface area contributed by atoms with Gasteiger partial charge in [0.1, 0.15) is 5.60 Å². The molecule has 0 bridgehead atoms. The van der Waals surface area contributed by atoms with Gasteiger partial charge in [-0.05, 0) is 71.4 Å². The number of ketones is 1. The lowest BCUT2D eigenvalue weighted by Gasteiger charge is -2.39. The second kappa shape index (κ2) is 19.3. The van der Waals surface area contributed by atoms with Crippen molar-refractivity contribution in [2.75, 3.05) is 33.3 Å². The van der Waals surface area contributed by atoms with Crippen LogP contribution in [-0.2, 0) is 19.0 Å². The number of Topliss-reactive ketones (excluding diaryl/α,β-unsaturated/α-hetero) is 1. The Morgan fingerprint density at radius 2 is 1.65 bits per heavy atom. The Labute approximate surface area is 290 Å². The summed E-state index contributed by atoms with van der Waals surface area (Å²) in [5.41, 5.74) is -1.53. The monoisotopic (exact) mass is 678 g/mol. The minimum Gasteiger partial charge on any atom is -0.439 e. The van der Waals surface area contributed by atoms with Gasteiger partial charge in [-0.1, -0.05) is 58.9 Å². The van der Waals surface area contributed by atoms with Crippen molar-refractivity contribution >= 4 is 11.9 Å². The average molecular weight is 679 g/mol. The lowest BCUT2D eigenvalue weighted by atomic mass is 9.89. The second-order valence-electron chi connectivity index (χ2n) is 14.5. The highest BCUT2D eigenvalue weighted by atomic mass is 16.6. The number of carbonyl (C=O) groups excluding carboxylic acids is 2. The van der Waals surface area contributed by atoms with Gasteiger partial charge in [-0.25, -0.2) is 4.79 Å². The largest absolute Gasteiger partial charge is 0.439 e. The summed E-state index contributed by atoms with van der Waals surface area (Å²) in [5, 5.41) is 31.3. The van der Waals surface area contributed by atoms with Crippen molar-refractivity contribution in [3.8, 4) is 0 Å². The first-order chi connectivity index (χ1) is 22.5. The number of allylic oxidation sites excluding steroid dienone is 4. The van der Waals surface area contributed by atoms with Gasteiger partial charge in [0.25, 0.3) is 0 Å². The Bertz CT molecular complexity index is 1100. The van der Waals surface area contributed by atoms with E-state index in [-0.39, 0.29) is 23.9 Å². The second-order valence-corrected chi connectivity index (χ2v) is 14.5. The van der Waals surface area contributed by atoms with Gasteiger partial charge in [0, 0.05) is 57.6 Å². The van der Waals surface area contributed by atoms with Gasteiger partial charge in [-0.3, -0.25) is 9.69 Å². The Morgan fingerprint density at radius 1 is 1.00 bits per heavy atom. The molecule has 0 aromatic carbocycles. The highest BCUT2D eigenvalue weighted by molar-refractivity contribution is 5.97. The smallest absolute Gasteiger partial charge is 0.410 e. The van der Waals surface area contributed by atoms with Crippen molar-refractivity contribution < 1.29 is 39.1 Å². The maximum absolute atomic E-state index is 13.4. The zero-order valence-corrected chi connectivity index (χ0v) is 31.4. The molecular weight excluding hydrogens is 612 g/mol. The predicted molar refractivity (Wildman–Crippen MR) is 190 cm³/mol. The molecule has 10 atom stereocenters. The molecule has 10 heteroatoms. The maximum atomic E-state index is 13.4. The first-order valence-electron chi connectivity index (χ1n) is 18.1. The molecule has 2 aliphatic rings. The number of rotatable bonds is 20. The van der Waals surface area contributed by atoms with Crippen molar-refractivity contribution in [3.05, 3.63) is 36.0 Å². The Hall–Kier alpha value is -2.08. The fourth-order valence-corrected chi connectivity index (χ4v) is 6.22. The third-order valence-corrected chi connectivity index (χ3v) is 10.5. The number of hydrogen-bond donors (Lipinski definition) is 3. The van der Waals surface area contributed by atoms with Crippen LogP contribution in [0.1, 0.15) is 101 Å². The minimum atomic E-state index is -1.13. The molecule has 0 spiro atoms.